The minimum Gasteiger partial charge on any atom is -0.508 e. The van der Waals surface area contributed by atoms with Gasteiger partial charge in [-0.15, -0.1) is 0 Å². The molecule has 0 spiro atoms. The topological polar surface area (TPSA) is 82.2 Å². The van der Waals surface area contributed by atoms with E-state index in [4.69, 9.17) is 0 Å². The van der Waals surface area contributed by atoms with Gasteiger partial charge in [0.25, 0.3) is 5.91 Å². The number of carbonyl (C=O) groups excluding carboxylic acids is 1. The summed E-state index contributed by atoms with van der Waals surface area (Å²) in [6.45, 7) is 0.167. The summed E-state index contributed by atoms with van der Waals surface area (Å²) in [5.74, 6) is -0.361. The molecule has 92 valence electrons. The maximum Gasteiger partial charge on any atom is 0.257 e. The first-order valence-electron chi connectivity index (χ1n) is 5.40. The molecule has 0 aliphatic heterocycles. The summed E-state index contributed by atoms with van der Waals surface area (Å²) in [7, 11) is 0. The molecule has 5 heteroatoms. The van der Waals surface area contributed by atoms with Crippen molar-refractivity contribution in [3.8, 4) is 5.75 Å². The summed E-state index contributed by atoms with van der Waals surface area (Å²) in [6, 6.07) is 7.98. The van der Waals surface area contributed by atoms with Crippen LogP contribution in [0.1, 0.15) is 15.9 Å². The van der Waals surface area contributed by atoms with Crippen molar-refractivity contribution in [1.82, 2.24) is 10.3 Å². The average Bonchev–Trinajstić information content (AvgIpc) is 2.38. The highest BCUT2D eigenvalue weighted by atomic mass is 16.3. The van der Waals surface area contributed by atoms with Crippen LogP contribution in [0.25, 0.3) is 0 Å². The van der Waals surface area contributed by atoms with Crippen LogP contribution in [0.15, 0.2) is 47.5 Å². The van der Waals surface area contributed by atoms with Crippen LogP contribution in [0, 0.1) is 0 Å². The smallest absolute Gasteiger partial charge is 0.257 e. The minimum atomic E-state index is -0.472. The Morgan fingerprint density at radius 3 is 2.78 bits per heavy atom. The van der Waals surface area contributed by atoms with Gasteiger partial charge in [-0.05, 0) is 6.07 Å². The van der Waals surface area contributed by atoms with Gasteiger partial charge in [-0.3, -0.25) is 9.59 Å². The number of aromatic nitrogens is 1. The van der Waals surface area contributed by atoms with E-state index in [0.717, 1.165) is 0 Å². The molecule has 1 heterocycles. The van der Waals surface area contributed by atoms with Gasteiger partial charge in [0.1, 0.15) is 11.3 Å². The predicted molar refractivity (Wildman–Crippen MR) is 66.3 cm³/mol. The lowest BCUT2D eigenvalue weighted by Crippen LogP contribution is -2.27. The number of amides is 1. The number of pyridine rings is 1. The second kappa shape index (κ2) is 5.18. The lowest BCUT2D eigenvalue weighted by Gasteiger charge is -2.06. The Labute approximate surface area is 103 Å². The Morgan fingerprint density at radius 1 is 1.28 bits per heavy atom. The van der Waals surface area contributed by atoms with Gasteiger partial charge in [0, 0.05) is 30.6 Å². The summed E-state index contributed by atoms with van der Waals surface area (Å²) in [5, 5.41) is 12.1. The van der Waals surface area contributed by atoms with Crippen molar-refractivity contribution in [3.05, 3.63) is 64.1 Å². The van der Waals surface area contributed by atoms with Gasteiger partial charge in [0.05, 0.1) is 0 Å². The Bertz CT molecular complexity index is 619. The van der Waals surface area contributed by atoms with E-state index in [2.05, 4.69) is 10.3 Å². The first-order chi connectivity index (χ1) is 8.68. The number of hydrogen-bond donors (Lipinski definition) is 3. The molecule has 0 radical (unpaired) electrons. The number of nitrogens with one attached hydrogen (secondary N) is 2. The van der Waals surface area contributed by atoms with Gasteiger partial charge >= 0.3 is 0 Å². The SMILES string of the molecule is O=C(NCc1ccccc1O)c1c[nH]ccc1=O. The molecule has 1 aromatic heterocycles. The van der Waals surface area contributed by atoms with Crippen molar-refractivity contribution >= 4 is 5.91 Å². The number of benzene rings is 1. The fourth-order valence-corrected chi connectivity index (χ4v) is 1.52. The lowest BCUT2D eigenvalue weighted by molar-refractivity contribution is 0.0949. The molecule has 1 aromatic carbocycles. The summed E-state index contributed by atoms with van der Waals surface area (Å²) in [4.78, 5) is 25.8. The van der Waals surface area contributed by atoms with Crippen LogP contribution >= 0.6 is 0 Å². The number of phenolic OH excluding ortho intramolecular Hbond substituents is 1. The zero-order chi connectivity index (χ0) is 13.0. The third kappa shape index (κ3) is 2.57. The number of phenols is 1. The highest BCUT2D eigenvalue weighted by Gasteiger charge is 2.09. The lowest BCUT2D eigenvalue weighted by atomic mass is 10.2. The molecule has 18 heavy (non-hydrogen) atoms. The summed E-state index contributed by atoms with van der Waals surface area (Å²) >= 11 is 0. The summed E-state index contributed by atoms with van der Waals surface area (Å²) < 4.78 is 0. The predicted octanol–water partition coefficient (Wildman–Crippen LogP) is 1.01. The summed E-state index contributed by atoms with van der Waals surface area (Å²) in [5.41, 5.74) is 0.301. The molecule has 0 bridgehead atoms. The number of H-pyrrole nitrogens is 1. The molecule has 0 unspecified atom stereocenters. The molecule has 0 saturated carbocycles. The van der Waals surface area contributed by atoms with E-state index in [-0.39, 0.29) is 23.3 Å². The van der Waals surface area contributed by atoms with Crippen molar-refractivity contribution in [2.75, 3.05) is 0 Å². The Kier molecular flexibility index (Phi) is 3.43. The van der Waals surface area contributed by atoms with Crippen LogP contribution in [-0.2, 0) is 6.54 Å². The molecule has 2 aromatic rings. The van der Waals surface area contributed by atoms with Crippen molar-refractivity contribution in [2.45, 2.75) is 6.54 Å². The molecule has 0 atom stereocenters. The van der Waals surface area contributed by atoms with E-state index in [1.165, 1.54) is 24.5 Å². The normalized spacial score (nSPS) is 10.0. The van der Waals surface area contributed by atoms with Crippen molar-refractivity contribution in [1.29, 1.82) is 0 Å². The number of rotatable bonds is 3. The number of aromatic hydroxyl groups is 1. The largest absolute Gasteiger partial charge is 0.508 e. The third-order valence-corrected chi connectivity index (χ3v) is 2.50. The minimum absolute atomic E-state index is 0.0490. The average molecular weight is 244 g/mol. The van der Waals surface area contributed by atoms with E-state index < -0.39 is 5.91 Å². The number of aromatic amines is 1. The first-order valence-corrected chi connectivity index (χ1v) is 5.40. The Morgan fingerprint density at radius 2 is 2.06 bits per heavy atom. The molecule has 0 saturated heterocycles. The molecule has 0 aliphatic rings. The molecule has 0 fully saturated rings. The van der Waals surface area contributed by atoms with Crippen LogP contribution in [0.3, 0.4) is 0 Å². The zero-order valence-corrected chi connectivity index (χ0v) is 9.51. The number of carbonyl (C=O) groups is 1. The number of hydrogen-bond acceptors (Lipinski definition) is 3. The van der Waals surface area contributed by atoms with Gasteiger partial charge in [0.2, 0.25) is 0 Å². The molecule has 2 rings (SSSR count). The first kappa shape index (κ1) is 11.9. The molecular formula is C13H12N2O3. The van der Waals surface area contributed by atoms with E-state index in [1.54, 1.807) is 18.2 Å². The monoisotopic (exact) mass is 244 g/mol. The zero-order valence-electron chi connectivity index (χ0n) is 9.51. The second-order valence-corrected chi connectivity index (χ2v) is 3.73. The van der Waals surface area contributed by atoms with Crippen molar-refractivity contribution in [3.63, 3.8) is 0 Å². The van der Waals surface area contributed by atoms with E-state index in [1.807, 2.05) is 0 Å². The van der Waals surface area contributed by atoms with Crippen LogP contribution in [-0.4, -0.2) is 16.0 Å². The van der Waals surface area contributed by atoms with Crippen LogP contribution < -0.4 is 10.7 Å². The standard InChI is InChI=1S/C13H12N2O3/c16-11-4-2-1-3-9(11)7-15-13(18)10-8-14-6-5-12(10)17/h1-6,8,16H,7H2,(H,14,17)(H,15,18). The maximum atomic E-state index is 11.7. The number of para-hydroxylation sites is 1. The molecule has 5 nitrogen and oxygen atoms in total. The fraction of sp³-hybridized carbons (Fsp3) is 0.0769. The highest BCUT2D eigenvalue weighted by Crippen LogP contribution is 2.14. The second-order valence-electron chi connectivity index (χ2n) is 3.73. The summed E-state index contributed by atoms with van der Waals surface area (Å²) in [6.07, 6.45) is 2.81. The Hall–Kier alpha value is -2.56. The third-order valence-electron chi connectivity index (χ3n) is 2.50. The van der Waals surface area contributed by atoms with E-state index in [0.29, 0.717) is 5.56 Å². The molecule has 3 N–H and O–H groups in total. The molecule has 1 amide bonds. The molecule has 0 aliphatic carbocycles. The molecular weight excluding hydrogens is 232 g/mol. The van der Waals surface area contributed by atoms with Gasteiger partial charge in [0.15, 0.2) is 5.43 Å². The van der Waals surface area contributed by atoms with E-state index >= 15 is 0 Å². The quantitative estimate of drug-likeness (QED) is 0.753. The van der Waals surface area contributed by atoms with Gasteiger partial charge < -0.3 is 15.4 Å². The van der Waals surface area contributed by atoms with Gasteiger partial charge in [-0.2, -0.15) is 0 Å². The maximum absolute atomic E-state index is 11.7. The van der Waals surface area contributed by atoms with Gasteiger partial charge in [-0.1, -0.05) is 18.2 Å². The van der Waals surface area contributed by atoms with E-state index in [9.17, 15) is 14.7 Å². The van der Waals surface area contributed by atoms with Crippen LogP contribution in [0.2, 0.25) is 0 Å². The van der Waals surface area contributed by atoms with Crippen LogP contribution in [0.4, 0.5) is 0 Å². The Balaban J connectivity index is 2.08. The van der Waals surface area contributed by atoms with Gasteiger partial charge in [-0.25, -0.2) is 0 Å². The van der Waals surface area contributed by atoms with Crippen molar-refractivity contribution < 1.29 is 9.90 Å². The van der Waals surface area contributed by atoms with Crippen LogP contribution in [0.5, 0.6) is 5.75 Å². The van der Waals surface area contributed by atoms with Crippen molar-refractivity contribution in [2.24, 2.45) is 0 Å². The fourth-order valence-electron chi connectivity index (χ4n) is 1.52. The highest BCUT2D eigenvalue weighted by molar-refractivity contribution is 5.93.